The Labute approximate surface area is 197 Å². The van der Waals surface area contributed by atoms with E-state index in [2.05, 4.69) is 9.98 Å². The van der Waals surface area contributed by atoms with E-state index in [1.54, 1.807) is 18.3 Å². The summed E-state index contributed by atoms with van der Waals surface area (Å²) in [6.45, 7) is 1.95. The maximum absolute atomic E-state index is 7.67. The molecule has 0 aliphatic heterocycles. The normalized spacial score (nSPS) is 11.0. The van der Waals surface area contributed by atoms with Crippen LogP contribution >= 0.6 is 23.2 Å². The highest BCUT2D eigenvalue weighted by atomic mass is 35.5. The number of rotatable bonds is 8. The molecule has 0 amide bonds. The van der Waals surface area contributed by atoms with Crippen LogP contribution in [-0.4, -0.2) is 23.4 Å². The van der Waals surface area contributed by atoms with Gasteiger partial charge in [-0.15, -0.1) is 0 Å². The molecule has 1 aromatic heterocycles. The zero-order valence-corrected chi connectivity index (χ0v) is 19.3. The van der Waals surface area contributed by atoms with Gasteiger partial charge in [-0.2, -0.15) is 0 Å². The second-order valence-corrected chi connectivity index (χ2v) is 7.98. The van der Waals surface area contributed by atoms with Crippen LogP contribution < -0.4 is 21.3 Å². The third-order valence-corrected chi connectivity index (χ3v) is 5.13. The van der Waals surface area contributed by atoms with Gasteiger partial charge in [0.2, 0.25) is 0 Å². The predicted molar refractivity (Wildman–Crippen MR) is 133 cm³/mol. The first-order chi connectivity index (χ1) is 15.2. The average Bonchev–Trinajstić information content (AvgIpc) is 2.74. The minimum atomic E-state index is -0.142. The molecule has 166 valence electrons. The van der Waals surface area contributed by atoms with Crippen LogP contribution in [0.25, 0.3) is 0 Å². The Hall–Kier alpha value is -3.13. The predicted octanol–water partition coefficient (Wildman–Crippen LogP) is 5.63. The standard InChI is InChI=1S/C23H24Cl2N6O/c1-14-10-16(26)5-8-21(14)32-17-6-7-20(31(2)28)15(11-17)4-3-9-29-19-13-30-22(24)12-18(19)23(25)27/h5-13,27H,3-4,26,28H2,1-2H3/b27-23?,29-9-. The average molecular weight is 471 g/mol. The van der Waals surface area contributed by atoms with Crippen LogP contribution in [0, 0.1) is 12.3 Å². The first-order valence-electron chi connectivity index (χ1n) is 9.82. The molecule has 1 heterocycles. The summed E-state index contributed by atoms with van der Waals surface area (Å²) in [6, 6.07) is 12.8. The molecule has 3 aromatic rings. The van der Waals surface area contributed by atoms with Gasteiger partial charge in [-0.3, -0.25) is 10.4 Å². The van der Waals surface area contributed by atoms with Gasteiger partial charge in [-0.1, -0.05) is 23.2 Å². The van der Waals surface area contributed by atoms with Crippen LogP contribution in [0.1, 0.15) is 23.1 Å². The molecule has 0 saturated heterocycles. The number of aryl methyl sites for hydroxylation is 2. The van der Waals surface area contributed by atoms with Crippen LogP contribution in [0.3, 0.4) is 0 Å². The molecule has 7 nitrogen and oxygen atoms in total. The van der Waals surface area contributed by atoms with Gasteiger partial charge in [-0.05, 0) is 73.4 Å². The molecule has 3 rings (SSSR count). The van der Waals surface area contributed by atoms with Crippen molar-refractivity contribution in [2.24, 2.45) is 10.8 Å². The zero-order valence-electron chi connectivity index (χ0n) is 17.8. The lowest BCUT2D eigenvalue weighted by Crippen LogP contribution is -2.26. The molecule has 5 N–H and O–H groups in total. The number of hydrogen-bond acceptors (Lipinski definition) is 7. The lowest BCUT2D eigenvalue weighted by molar-refractivity contribution is 0.478. The molecule has 2 aromatic carbocycles. The topological polar surface area (TPSA) is 114 Å². The summed E-state index contributed by atoms with van der Waals surface area (Å²) in [4.78, 5) is 8.42. The third kappa shape index (κ3) is 5.97. The van der Waals surface area contributed by atoms with E-state index >= 15 is 0 Å². The van der Waals surface area contributed by atoms with E-state index in [1.807, 2.05) is 43.3 Å². The monoisotopic (exact) mass is 470 g/mol. The van der Waals surface area contributed by atoms with Gasteiger partial charge >= 0.3 is 0 Å². The number of hydrogen-bond donors (Lipinski definition) is 3. The van der Waals surface area contributed by atoms with Gasteiger partial charge in [-0.25, -0.2) is 10.8 Å². The highest BCUT2D eigenvalue weighted by molar-refractivity contribution is 6.69. The molecule has 0 bridgehead atoms. The number of halogens is 2. The van der Waals surface area contributed by atoms with Crippen LogP contribution in [0.4, 0.5) is 17.1 Å². The SMILES string of the molecule is Cc1cc(N)ccc1Oc1ccc(N(C)N)c(CC/C=N\c2cnc(Cl)cc2C(=N)Cl)c1. The van der Waals surface area contributed by atoms with E-state index < -0.39 is 0 Å². The molecular formula is C23H24Cl2N6O. The maximum atomic E-state index is 7.67. The fourth-order valence-electron chi connectivity index (χ4n) is 3.17. The molecule has 9 heteroatoms. The van der Waals surface area contributed by atoms with Crippen LogP contribution in [-0.2, 0) is 6.42 Å². The summed E-state index contributed by atoms with van der Waals surface area (Å²) in [5.74, 6) is 7.45. The number of anilines is 2. The number of nitrogen functional groups attached to an aromatic ring is 1. The fraction of sp³-hybridized carbons (Fsp3) is 0.174. The largest absolute Gasteiger partial charge is 0.457 e. The smallest absolute Gasteiger partial charge is 0.130 e. The number of nitrogens with two attached hydrogens (primary N) is 2. The summed E-state index contributed by atoms with van der Waals surface area (Å²) in [6.07, 6.45) is 4.55. The van der Waals surface area contributed by atoms with E-state index in [4.69, 9.17) is 44.9 Å². The number of ether oxygens (including phenoxy) is 1. The van der Waals surface area contributed by atoms with E-state index in [0.29, 0.717) is 35.5 Å². The van der Waals surface area contributed by atoms with Crippen molar-refractivity contribution in [1.82, 2.24) is 4.98 Å². The van der Waals surface area contributed by atoms with Gasteiger partial charge in [0.15, 0.2) is 0 Å². The second-order valence-electron chi connectivity index (χ2n) is 7.22. The van der Waals surface area contributed by atoms with Crippen molar-refractivity contribution < 1.29 is 4.74 Å². The lowest BCUT2D eigenvalue weighted by Gasteiger charge is -2.18. The second kappa shape index (κ2) is 10.5. The maximum Gasteiger partial charge on any atom is 0.130 e. The third-order valence-electron chi connectivity index (χ3n) is 4.72. The van der Waals surface area contributed by atoms with Crippen molar-refractivity contribution in [2.45, 2.75) is 19.8 Å². The summed E-state index contributed by atoms with van der Waals surface area (Å²) < 4.78 is 6.06. The Balaban J connectivity index is 1.77. The number of aromatic nitrogens is 1. The Kier molecular flexibility index (Phi) is 7.69. The number of benzene rings is 2. The Bertz CT molecular complexity index is 1160. The summed E-state index contributed by atoms with van der Waals surface area (Å²) >= 11 is 11.7. The highest BCUT2D eigenvalue weighted by Crippen LogP contribution is 2.31. The molecule has 0 saturated carbocycles. The van der Waals surface area contributed by atoms with E-state index in [0.717, 1.165) is 22.6 Å². The number of aliphatic imine (C=N–C) groups is 1. The molecule has 0 atom stereocenters. The Morgan fingerprint density at radius 2 is 2.03 bits per heavy atom. The van der Waals surface area contributed by atoms with Crippen molar-refractivity contribution >= 4 is 51.6 Å². The first kappa shape index (κ1) is 23.5. The fourth-order valence-corrected chi connectivity index (χ4v) is 3.48. The number of nitrogens with one attached hydrogen (secondary N) is 1. The first-order valence-corrected chi connectivity index (χ1v) is 10.6. The van der Waals surface area contributed by atoms with Crippen molar-refractivity contribution in [3.05, 3.63) is 70.5 Å². The highest BCUT2D eigenvalue weighted by Gasteiger charge is 2.10. The molecule has 32 heavy (non-hydrogen) atoms. The summed E-state index contributed by atoms with van der Waals surface area (Å²) in [5.41, 5.74) is 10.3. The number of hydrazine groups is 1. The lowest BCUT2D eigenvalue weighted by atomic mass is 10.1. The Morgan fingerprint density at radius 3 is 2.72 bits per heavy atom. The van der Waals surface area contributed by atoms with Crippen molar-refractivity contribution in [3.63, 3.8) is 0 Å². The van der Waals surface area contributed by atoms with Gasteiger partial charge in [0.25, 0.3) is 0 Å². The zero-order chi connectivity index (χ0) is 23.3. The minimum Gasteiger partial charge on any atom is -0.457 e. The van der Waals surface area contributed by atoms with Crippen molar-refractivity contribution in [1.29, 1.82) is 5.41 Å². The van der Waals surface area contributed by atoms with Gasteiger partial charge in [0, 0.05) is 24.5 Å². The summed E-state index contributed by atoms with van der Waals surface area (Å²) in [7, 11) is 1.79. The minimum absolute atomic E-state index is 0.142. The summed E-state index contributed by atoms with van der Waals surface area (Å²) in [5, 5.41) is 9.36. The van der Waals surface area contributed by atoms with Crippen LogP contribution in [0.2, 0.25) is 5.15 Å². The van der Waals surface area contributed by atoms with E-state index in [1.165, 1.54) is 12.3 Å². The van der Waals surface area contributed by atoms with Crippen molar-refractivity contribution in [3.8, 4) is 11.5 Å². The van der Waals surface area contributed by atoms with Crippen LogP contribution in [0.15, 0.2) is 53.7 Å². The molecular weight excluding hydrogens is 447 g/mol. The molecule has 0 spiro atoms. The molecule has 0 unspecified atom stereocenters. The van der Waals surface area contributed by atoms with Crippen LogP contribution in [0.5, 0.6) is 11.5 Å². The van der Waals surface area contributed by atoms with Gasteiger partial charge < -0.3 is 15.5 Å². The number of pyridine rings is 1. The van der Waals surface area contributed by atoms with Gasteiger partial charge in [0.05, 0.1) is 17.6 Å². The molecule has 0 fully saturated rings. The quantitative estimate of drug-likeness (QED) is 0.130. The van der Waals surface area contributed by atoms with E-state index in [9.17, 15) is 0 Å². The van der Waals surface area contributed by atoms with E-state index in [-0.39, 0.29) is 10.3 Å². The Morgan fingerprint density at radius 1 is 1.25 bits per heavy atom. The van der Waals surface area contributed by atoms with Crippen molar-refractivity contribution in [2.75, 3.05) is 17.8 Å². The molecule has 0 aliphatic rings. The van der Waals surface area contributed by atoms with Gasteiger partial charge in [0.1, 0.15) is 21.8 Å². The molecule has 0 aliphatic carbocycles. The molecule has 0 radical (unpaired) electrons. The number of nitrogens with zero attached hydrogens (tertiary/aromatic N) is 3.